The number of thiophene rings is 1. The highest BCUT2D eigenvalue weighted by Gasteiger charge is 2.28. The molecule has 190 valence electrons. The van der Waals surface area contributed by atoms with Gasteiger partial charge in [-0.15, -0.1) is 11.3 Å². The van der Waals surface area contributed by atoms with Gasteiger partial charge in [0.2, 0.25) is 14.9 Å². The maximum atomic E-state index is 13.2. The molecule has 0 unspecified atom stereocenters. The number of amides is 2. The van der Waals surface area contributed by atoms with Gasteiger partial charge in [-0.25, -0.2) is 8.42 Å². The zero-order valence-electron chi connectivity index (χ0n) is 20.2. The minimum absolute atomic E-state index is 0.0858. The smallest absolute Gasteiger partial charge is 0.292 e. The number of fused-ring (bicyclic) bond motifs is 1. The van der Waals surface area contributed by atoms with Crippen LogP contribution in [0.3, 0.4) is 0 Å². The third-order valence-corrected chi connectivity index (χ3v) is 9.17. The van der Waals surface area contributed by atoms with E-state index in [-0.39, 0.29) is 21.7 Å². The number of aryl methyl sites for hydroxylation is 2. The van der Waals surface area contributed by atoms with Crippen LogP contribution in [0.15, 0.2) is 81.1 Å². The largest absolute Gasteiger partial charge is 0.439 e. The number of hydrogen-bond donors (Lipinski definition) is 2. The van der Waals surface area contributed by atoms with Crippen LogP contribution in [0.4, 0.5) is 5.00 Å². The number of nitrogens with one attached hydrogen (secondary N) is 2. The fourth-order valence-corrected chi connectivity index (χ4v) is 6.80. The van der Waals surface area contributed by atoms with Crippen LogP contribution < -0.4 is 10.6 Å². The Morgan fingerprint density at radius 3 is 2.41 bits per heavy atom. The second-order valence-corrected chi connectivity index (χ2v) is 12.0. The van der Waals surface area contributed by atoms with Crippen molar-refractivity contribution in [2.75, 3.05) is 5.32 Å². The Morgan fingerprint density at radius 1 is 0.919 bits per heavy atom. The van der Waals surface area contributed by atoms with E-state index in [2.05, 4.69) is 10.6 Å². The summed E-state index contributed by atoms with van der Waals surface area (Å²) in [7, 11) is -3.91. The second-order valence-electron chi connectivity index (χ2n) is 8.97. The van der Waals surface area contributed by atoms with E-state index in [1.807, 2.05) is 37.3 Å². The van der Waals surface area contributed by atoms with Crippen LogP contribution in [0.25, 0.3) is 0 Å². The first-order valence-electron chi connectivity index (χ1n) is 12.0. The molecule has 0 radical (unpaired) electrons. The highest BCUT2D eigenvalue weighted by molar-refractivity contribution is 7.91. The molecule has 7 nitrogen and oxygen atoms in total. The molecule has 0 spiro atoms. The van der Waals surface area contributed by atoms with Crippen molar-refractivity contribution in [3.63, 3.8) is 0 Å². The fourth-order valence-electron chi connectivity index (χ4n) is 4.35. The van der Waals surface area contributed by atoms with Crippen molar-refractivity contribution < 1.29 is 22.4 Å². The number of furan rings is 1. The summed E-state index contributed by atoms with van der Waals surface area (Å²) in [5.41, 5.74) is 3.35. The van der Waals surface area contributed by atoms with E-state index in [9.17, 15) is 18.0 Å². The zero-order valence-corrected chi connectivity index (χ0v) is 21.9. The van der Waals surface area contributed by atoms with Crippen LogP contribution in [-0.4, -0.2) is 20.2 Å². The highest BCUT2D eigenvalue weighted by atomic mass is 32.2. The molecule has 4 aromatic rings. The Labute approximate surface area is 219 Å². The maximum Gasteiger partial charge on any atom is 0.292 e. The highest BCUT2D eigenvalue weighted by Crippen LogP contribution is 2.38. The van der Waals surface area contributed by atoms with Crippen molar-refractivity contribution in [3.8, 4) is 0 Å². The number of anilines is 1. The van der Waals surface area contributed by atoms with Gasteiger partial charge in [0.15, 0.2) is 5.76 Å². The Bertz CT molecular complexity index is 1550. The van der Waals surface area contributed by atoms with Crippen molar-refractivity contribution in [1.29, 1.82) is 0 Å². The average molecular weight is 535 g/mol. The van der Waals surface area contributed by atoms with Gasteiger partial charge in [0.1, 0.15) is 5.00 Å². The predicted molar refractivity (Wildman–Crippen MR) is 142 cm³/mol. The van der Waals surface area contributed by atoms with Crippen LogP contribution in [0.5, 0.6) is 0 Å². The number of rotatable bonds is 7. The summed E-state index contributed by atoms with van der Waals surface area (Å²) in [6.45, 7) is 2.24. The molecule has 0 atom stereocenters. The standard InChI is InChI=1S/C28H26N2O5S2/c1-18-11-13-20(14-12-18)37(33,34)24-16-15-22(35-24)26(31)30-28-25(21-9-5-6-10-23(21)36-28)27(32)29-17-19-7-3-2-4-8-19/h2-4,7-8,11-16H,5-6,9-10,17H2,1H3,(H,29,32)(H,30,31). The number of hydrogen-bond acceptors (Lipinski definition) is 6. The van der Waals surface area contributed by atoms with E-state index < -0.39 is 15.7 Å². The van der Waals surface area contributed by atoms with Crippen molar-refractivity contribution in [1.82, 2.24) is 5.32 Å². The molecule has 9 heteroatoms. The zero-order chi connectivity index (χ0) is 26.0. The molecule has 5 rings (SSSR count). The van der Waals surface area contributed by atoms with Crippen LogP contribution in [0, 0.1) is 6.92 Å². The van der Waals surface area contributed by atoms with Gasteiger partial charge < -0.3 is 15.1 Å². The van der Waals surface area contributed by atoms with Gasteiger partial charge in [0.05, 0.1) is 10.5 Å². The summed E-state index contributed by atoms with van der Waals surface area (Å²) in [5, 5.41) is 5.90. The molecule has 37 heavy (non-hydrogen) atoms. The molecule has 0 aliphatic heterocycles. The number of carbonyl (C=O) groups is 2. The molecule has 2 amide bonds. The van der Waals surface area contributed by atoms with Gasteiger partial charge in [-0.05, 0) is 68.0 Å². The lowest BCUT2D eigenvalue weighted by atomic mass is 9.95. The molecule has 0 saturated carbocycles. The van der Waals surface area contributed by atoms with Crippen LogP contribution in [0.2, 0.25) is 0 Å². The second kappa shape index (κ2) is 10.4. The fraction of sp³-hybridized carbons (Fsp3) is 0.214. The molecule has 2 heterocycles. The molecule has 1 aliphatic carbocycles. The first-order chi connectivity index (χ1) is 17.8. The third-order valence-electron chi connectivity index (χ3n) is 6.32. The van der Waals surface area contributed by atoms with Gasteiger partial charge >= 0.3 is 0 Å². The summed E-state index contributed by atoms with van der Waals surface area (Å²) in [6.07, 6.45) is 3.64. The summed E-state index contributed by atoms with van der Waals surface area (Å²) in [5.74, 6) is -1.01. The van der Waals surface area contributed by atoms with Crippen molar-refractivity contribution >= 4 is 38.0 Å². The van der Waals surface area contributed by atoms with Gasteiger partial charge in [0.25, 0.3) is 11.8 Å². The third kappa shape index (κ3) is 5.23. The van der Waals surface area contributed by atoms with Crippen LogP contribution in [0.1, 0.15) is 55.3 Å². The van der Waals surface area contributed by atoms with Gasteiger partial charge in [-0.3, -0.25) is 9.59 Å². The minimum atomic E-state index is -3.91. The minimum Gasteiger partial charge on any atom is -0.439 e. The van der Waals surface area contributed by atoms with Crippen LogP contribution in [-0.2, 0) is 29.2 Å². The molecular weight excluding hydrogens is 508 g/mol. The summed E-state index contributed by atoms with van der Waals surface area (Å²) in [6, 6.07) is 18.6. The van der Waals surface area contributed by atoms with Gasteiger partial charge in [0, 0.05) is 11.4 Å². The monoisotopic (exact) mass is 534 g/mol. The summed E-state index contributed by atoms with van der Waals surface area (Å²) in [4.78, 5) is 27.5. The maximum absolute atomic E-state index is 13.2. The number of benzene rings is 2. The first-order valence-corrected chi connectivity index (χ1v) is 14.3. The van der Waals surface area contributed by atoms with E-state index >= 15 is 0 Å². The molecular formula is C28H26N2O5S2. The summed E-state index contributed by atoms with van der Waals surface area (Å²) >= 11 is 1.39. The quantitative estimate of drug-likeness (QED) is 0.324. The lowest BCUT2D eigenvalue weighted by molar-refractivity contribution is 0.0951. The van der Waals surface area contributed by atoms with E-state index in [1.165, 1.54) is 35.6 Å². The van der Waals surface area contributed by atoms with Gasteiger partial charge in [-0.1, -0.05) is 48.0 Å². The number of carbonyl (C=O) groups excluding carboxylic acids is 2. The first kappa shape index (κ1) is 25.0. The number of sulfone groups is 1. The van der Waals surface area contributed by atoms with E-state index in [1.54, 1.807) is 12.1 Å². The molecule has 2 aromatic heterocycles. The Balaban J connectivity index is 1.38. The lowest BCUT2D eigenvalue weighted by Gasteiger charge is -2.13. The molecule has 2 N–H and O–H groups in total. The normalized spacial score (nSPS) is 13.1. The van der Waals surface area contributed by atoms with E-state index in [4.69, 9.17) is 4.42 Å². The summed E-state index contributed by atoms with van der Waals surface area (Å²) < 4.78 is 31.3. The van der Waals surface area contributed by atoms with Crippen molar-refractivity contribution in [2.24, 2.45) is 0 Å². The molecule has 0 bridgehead atoms. The van der Waals surface area contributed by atoms with Crippen LogP contribution >= 0.6 is 11.3 Å². The van der Waals surface area contributed by atoms with Crippen molar-refractivity contribution in [3.05, 3.63) is 99.6 Å². The molecule has 1 aliphatic rings. The average Bonchev–Trinajstić information content (AvgIpc) is 3.54. The molecule has 0 saturated heterocycles. The Kier molecular flexibility index (Phi) is 6.99. The van der Waals surface area contributed by atoms with E-state index in [0.717, 1.165) is 47.3 Å². The van der Waals surface area contributed by atoms with Crippen molar-refractivity contribution in [2.45, 2.75) is 49.1 Å². The SMILES string of the molecule is Cc1ccc(S(=O)(=O)c2ccc(C(=O)Nc3sc4c(c3C(=O)NCc3ccccc3)CCCC4)o2)cc1. The van der Waals surface area contributed by atoms with Gasteiger partial charge in [-0.2, -0.15) is 0 Å². The Morgan fingerprint density at radius 2 is 1.65 bits per heavy atom. The molecule has 0 fully saturated rings. The topological polar surface area (TPSA) is 105 Å². The van der Waals surface area contributed by atoms with E-state index in [0.29, 0.717) is 17.1 Å². The Hall–Kier alpha value is -3.69. The lowest BCUT2D eigenvalue weighted by Crippen LogP contribution is -2.25. The predicted octanol–water partition coefficient (Wildman–Crippen LogP) is 5.54. The molecule has 2 aromatic carbocycles.